The van der Waals surface area contributed by atoms with Gasteiger partial charge in [-0.25, -0.2) is 4.98 Å². The smallest absolute Gasteiger partial charge is 0.137 e. The average Bonchev–Trinajstić information content (AvgIpc) is 3.00. The molecule has 1 aliphatic rings. The van der Waals surface area contributed by atoms with Gasteiger partial charge in [-0.3, -0.25) is 9.58 Å². The molecule has 124 valence electrons. The zero-order valence-electron chi connectivity index (χ0n) is 14.1. The van der Waals surface area contributed by atoms with Gasteiger partial charge in [-0.1, -0.05) is 12.1 Å². The van der Waals surface area contributed by atoms with Gasteiger partial charge >= 0.3 is 0 Å². The quantitative estimate of drug-likeness (QED) is 0.822. The number of rotatable bonds is 6. The molecule has 1 aromatic heterocycles. The lowest BCUT2D eigenvalue weighted by Crippen LogP contribution is -2.36. The lowest BCUT2D eigenvalue weighted by molar-refractivity contribution is 0.153. The molecule has 5 nitrogen and oxygen atoms in total. The van der Waals surface area contributed by atoms with Crippen molar-refractivity contribution < 1.29 is 4.74 Å². The van der Waals surface area contributed by atoms with Gasteiger partial charge in [0.25, 0.3) is 0 Å². The number of aromatic nitrogens is 3. The van der Waals surface area contributed by atoms with Gasteiger partial charge < -0.3 is 4.74 Å². The summed E-state index contributed by atoms with van der Waals surface area (Å²) in [6.45, 7) is 8.37. The molecule has 0 bridgehead atoms. The molecule has 1 aromatic carbocycles. The second kappa shape index (κ2) is 7.59. The first-order valence-corrected chi connectivity index (χ1v) is 8.49. The van der Waals surface area contributed by atoms with Crippen LogP contribution in [0.15, 0.2) is 36.9 Å². The van der Waals surface area contributed by atoms with Gasteiger partial charge in [0.15, 0.2) is 0 Å². The summed E-state index contributed by atoms with van der Waals surface area (Å²) in [4.78, 5) is 6.57. The van der Waals surface area contributed by atoms with E-state index in [-0.39, 0.29) is 6.10 Å². The van der Waals surface area contributed by atoms with Crippen LogP contribution in [0.4, 0.5) is 0 Å². The summed E-state index contributed by atoms with van der Waals surface area (Å²) in [6.07, 6.45) is 6.16. The summed E-state index contributed by atoms with van der Waals surface area (Å²) in [6, 6.07) is 8.48. The van der Waals surface area contributed by atoms with Gasteiger partial charge in [-0.15, -0.1) is 0 Å². The van der Waals surface area contributed by atoms with Crippen LogP contribution in [0.5, 0.6) is 5.75 Å². The molecule has 0 saturated carbocycles. The molecule has 2 aromatic rings. The Morgan fingerprint density at radius 2 is 2.26 bits per heavy atom. The number of hydrogen-bond donors (Lipinski definition) is 0. The second-order valence-corrected chi connectivity index (χ2v) is 6.67. The Labute approximate surface area is 138 Å². The molecule has 1 aliphatic heterocycles. The SMILES string of the molecule is CC(C)Oc1cccc(CN2CCCC(Cn3cncn3)C2)c1. The van der Waals surface area contributed by atoms with Crippen LogP contribution in [0.3, 0.4) is 0 Å². The normalized spacial score (nSPS) is 19.2. The summed E-state index contributed by atoms with van der Waals surface area (Å²) < 4.78 is 7.75. The maximum Gasteiger partial charge on any atom is 0.137 e. The topological polar surface area (TPSA) is 43.2 Å². The summed E-state index contributed by atoms with van der Waals surface area (Å²) in [5, 5.41) is 4.23. The molecular weight excluding hydrogens is 288 g/mol. The van der Waals surface area contributed by atoms with Crippen LogP contribution in [-0.4, -0.2) is 38.9 Å². The van der Waals surface area contributed by atoms with Crippen molar-refractivity contribution in [3.63, 3.8) is 0 Å². The van der Waals surface area contributed by atoms with Crippen LogP contribution in [-0.2, 0) is 13.1 Å². The van der Waals surface area contributed by atoms with Crippen LogP contribution in [0.1, 0.15) is 32.3 Å². The molecule has 0 amide bonds. The Morgan fingerprint density at radius 3 is 3.04 bits per heavy atom. The Bertz CT molecular complexity index is 597. The molecule has 5 heteroatoms. The van der Waals surface area contributed by atoms with Gasteiger partial charge in [0.05, 0.1) is 6.10 Å². The van der Waals surface area contributed by atoms with E-state index in [4.69, 9.17) is 4.74 Å². The minimum absolute atomic E-state index is 0.215. The summed E-state index contributed by atoms with van der Waals surface area (Å²) in [5.74, 6) is 1.62. The largest absolute Gasteiger partial charge is 0.491 e. The molecule has 3 rings (SSSR count). The Kier molecular flexibility index (Phi) is 5.28. The molecule has 0 radical (unpaired) electrons. The Morgan fingerprint density at radius 1 is 1.35 bits per heavy atom. The van der Waals surface area contributed by atoms with E-state index in [1.807, 2.05) is 17.1 Å². The van der Waals surface area contributed by atoms with Gasteiger partial charge in [0.1, 0.15) is 18.4 Å². The van der Waals surface area contributed by atoms with Gasteiger partial charge in [0, 0.05) is 19.6 Å². The van der Waals surface area contributed by atoms with Gasteiger partial charge in [-0.05, 0) is 56.8 Å². The van der Waals surface area contributed by atoms with Crippen molar-refractivity contribution in [2.75, 3.05) is 13.1 Å². The molecular formula is C18H26N4O. The lowest BCUT2D eigenvalue weighted by Gasteiger charge is -2.32. The van der Waals surface area contributed by atoms with Gasteiger partial charge in [0.2, 0.25) is 0 Å². The molecule has 1 fully saturated rings. The lowest BCUT2D eigenvalue weighted by atomic mass is 9.97. The third-order valence-electron chi connectivity index (χ3n) is 4.19. The molecule has 0 aliphatic carbocycles. The number of nitrogens with zero attached hydrogens (tertiary/aromatic N) is 4. The highest BCUT2D eigenvalue weighted by atomic mass is 16.5. The fourth-order valence-electron chi connectivity index (χ4n) is 3.28. The number of ether oxygens (including phenoxy) is 1. The average molecular weight is 314 g/mol. The molecule has 1 saturated heterocycles. The minimum Gasteiger partial charge on any atom is -0.491 e. The zero-order chi connectivity index (χ0) is 16.1. The van der Waals surface area contributed by atoms with E-state index >= 15 is 0 Å². The first kappa shape index (κ1) is 16.0. The monoisotopic (exact) mass is 314 g/mol. The maximum atomic E-state index is 5.80. The van der Waals surface area contributed by atoms with E-state index in [1.54, 1.807) is 6.33 Å². The molecule has 0 N–H and O–H groups in total. The van der Waals surface area contributed by atoms with Gasteiger partial charge in [-0.2, -0.15) is 5.10 Å². The fourth-order valence-corrected chi connectivity index (χ4v) is 3.28. The number of hydrogen-bond acceptors (Lipinski definition) is 4. The van der Waals surface area contributed by atoms with Crippen LogP contribution >= 0.6 is 0 Å². The molecule has 1 unspecified atom stereocenters. The van der Waals surface area contributed by atoms with Crippen molar-refractivity contribution in [2.24, 2.45) is 5.92 Å². The summed E-state index contributed by atoms with van der Waals surface area (Å²) in [7, 11) is 0. The van der Waals surface area contributed by atoms with E-state index in [9.17, 15) is 0 Å². The fraction of sp³-hybridized carbons (Fsp3) is 0.556. The Hall–Kier alpha value is -1.88. The van der Waals surface area contributed by atoms with Crippen LogP contribution in [0, 0.1) is 5.92 Å². The maximum absolute atomic E-state index is 5.80. The van der Waals surface area contributed by atoms with E-state index in [2.05, 4.69) is 47.0 Å². The van der Waals surface area contributed by atoms with Crippen LogP contribution in [0.2, 0.25) is 0 Å². The molecule has 2 heterocycles. The van der Waals surface area contributed by atoms with Crippen molar-refractivity contribution in [3.05, 3.63) is 42.5 Å². The molecule has 23 heavy (non-hydrogen) atoms. The predicted octanol–water partition coefficient (Wildman–Crippen LogP) is 2.98. The number of piperidine rings is 1. The van der Waals surface area contributed by atoms with Crippen molar-refractivity contribution in [1.82, 2.24) is 19.7 Å². The molecule has 1 atom stereocenters. The van der Waals surface area contributed by atoms with E-state index < -0.39 is 0 Å². The third kappa shape index (κ3) is 4.79. The minimum atomic E-state index is 0.215. The Balaban J connectivity index is 1.57. The third-order valence-corrected chi connectivity index (χ3v) is 4.19. The van der Waals surface area contributed by atoms with E-state index in [1.165, 1.54) is 24.9 Å². The van der Waals surface area contributed by atoms with Crippen molar-refractivity contribution in [1.29, 1.82) is 0 Å². The standard InChI is InChI=1S/C18H26N4O/c1-15(2)23-18-7-3-5-16(9-18)10-21-8-4-6-17(11-21)12-22-14-19-13-20-22/h3,5,7,9,13-15,17H,4,6,8,10-12H2,1-2H3. The highest BCUT2D eigenvalue weighted by Crippen LogP contribution is 2.22. The van der Waals surface area contributed by atoms with Crippen LogP contribution in [0.25, 0.3) is 0 Å². The first-order chi connectivity index (χ1) is 11.2. The second-order valence-electron chi connectivity index (χ2n) is 6.67. The number of benzene rings is 1. The van der Waals surface area contributed by atoms with Crippen molar-refractivity contribution >= 4 is 0 Å². The number of likely N-dealkylation sites (tertiary alicyclic amines) is 1. The molecule has 0 spiro atoms. The van der Waals surface area contributed by atoms with E-state index in [0.29, 0.717) is 5.92 Å². The predicted molar refractivity (Wildman–Crippen MR) is 90.2 cm³/mol. The highest BCUT2D eigenvalue weighted by molar-refractivity contribution is 5.28. The highest BCUT2D eigenvalue weighted by Gasteiger charge is 2.20. The van der Waals surface area contributed by atoms with E-state index in [0.717, 1.165) is 25.4 Å². The zero-order valence-corrected chi connectivity index (χ0v) is 14.1. The van der Waals surface area contributed by atoms with Crippen LogP contribution < -0.4 is 4.74 Å². The summed E-state index contributed by atoms with van der Waals surface area (Å²) >= 11 is 0. The first-order valence-electron chi connectivity index (χ1n) is 8.49. The van der Waals surface area contributed by atoms with Crippen molar-refractivity contribution in [3.8, 4) is 5.75 Å². The summed E-state index contributed by atoms with van der Waals surface area (Å²) in [5.41, 5.74) is 1.32. The van der Waals surface area contributed by atoms with Crippen molar-refractivity contribution in [2.45, 2.75) is 45.9 Å².